The van der Waals surface area contributed by atoms with Crippen LogP contribution >= 0.6 is 0 Å². The zero-order valence-electron chi connectivity index (χ0n) is 42.6. The van der Waals surface area contributed by atoms with Crippen molar-refractivity contribution < 1.29 is 0 Å². The molecule has 0 aromatic heterocycles. The Morgan fingerprint density at radius 3 is 1.43 bits per heavy atom. The monoisotopic (exact) mass is 890 g/mol. The molecular formula is C67H71N. The first-order valence-corrected chi connectivity index (χ1v) is 26.0. The van der Waals surface area contributed by atoms with Crippen molar-refractivity contribution in [1.29, 1.82) is 0 Å². The van der Waals surface area contributed by atoms with Crippen LogP contribution < -0.4 is 4.90 Å². The lowest BCUT2D eigenvalue weighted by atomic mass is 9.43. The number of hydrogen-bond donors (Lipinski definition) is 0. The molecule has 13 rings (SSSR count). The molecule has 4 fully saturated rings. The number of nitrogens with zero attached hydrogens (tertiary/aromatic N) is 1. The highest BCUT2D eigenvalue weighted by atomic mass is 15.1. The van der Waals surface area contributed by atoms with Crippen molar-refractivity contribution in [3.8, 4) is 44.5 Å². The van der Waals surface area contributed by atoms with Gasteiger partial charge in [-0.15, -0.1) is 0 Å². The van der Waals surface area contributed by atoms with E-state index in [1.807, 2.05) is 0 Å². The smallest absolute Gasteiger partial charge is 0.0543 e. The molecular weight excluding hydrogens is 819 g/mol. The van der Waals surface area contributed by atoms with Crippen LogP contribution in [0.1, 0.15) is 147 Å². The van der Waals surface area contributed by atoms with Crippen LogP contribution in [0.15, 0.2) is 146 Å². The van der Waals surface area contributed by atoms with E-state index >= 15 is 0 Å². The van der Waals surface area contributed by atoms with Crippen LogP contribution in [0.2, 0.25) is 0 Å². The Morgan fingerprint density at radius 2 is 0.838 bits per heavy atom. The van der Waals surface area contributed by atoms with Gasteiger partial charge in [0.05, 0.1) is 5.69 Å². The van der Waals surface area contributed by atoms with Gasteiger partial charge in [-0.05, 0) is 186 Å². The summed E-state index contributed by atoms with van der Waals surface area (Å²) >= 11 is 0. The van der Waals surface area contributed by atoms with E-state index in [0.29, 0.717) is 11.8 Å². The molecule has 1 spiro atoms. The van der Waals surface area contributed by atoms with Crippen molar-refractivity contribution in [2.75, 3.05) is 4.90 Å². The van der Waals surface area contributed by atoms with E-state index in [1.165, 1.54) is 121 Å². The average Bonchev–Trinajstić information content (AvgIpc) is 3.72. The van der Waals surface area contributed by atoms with Gasteiger partial charge in [0.25, 0.3) is 0 Å². The van der Waals surface area contributed by atoms with Crippen molar-refractivity contribution in [1.82, 2.24) is 0 Å². The number of hydrogen-bond acceptors (Lipinski definition) is 1. The highest BCUT2D eigenvalue weighted by Crippen LogP contribution is 2.70. The fourth-order valence-corrected chi connectivity index (χ4v) is 14.6. The van der Waals surface area contributed by atoms with Gasteiger partial charge in [-0.2, -0.15) is 0 Å². The summed E-state index contributed by atoms with van der Waals surface area (Å²) in [7, 11) is 0. The van der Waals surface area contributed by atoms with Crippen molar-refractivity contribution in [2.45, 2.75) is 135 Å². The summed E-state index contributed by atoms with van der Waals surface area (Å²) in [5.74, 6) is 3.17. The Kier molecular flexibility index (Phi) is 9.57. The Labute approximate surface area is 408 Å². The van der Waals surface area contributed by atoms with Gasteiger partial charge in [-0.1, -0.05) is 185 Å². The molecule has 1 heteroatoms. The molecule has 0 amide bonds. The normalized spacial score (nSPS) is 22.8. The molecule has 6 aliphatic rings. The van der Waals surface area contributed by atoms with Crippen LogP contribution in [0.3, 0.4) is 0 Å². The number of anilines is 3. The van der Waals surface area contributed by atoms with Crippen molar-refractivity contribution in [2.24, 2.45) is 23.7 Å². The molecule has 0 radical (unpaired) electrons. The molecule has 7 aromatic carbocycles. The Bertz CT molecular complexity index is 3120. The van der Waals surface area contributed by atoms with Gasteiger partial charge in [-0.3, -0.25) is 0 Å². The SMILES string of the molecule is CC(C)(C)c1ccc(-c2ccc(C(C)(C)C)cc2-c2ccc(C(C)(C)C)cc2N(c2ccc3c(c2)C(C)(C)c2ccccc2-3)c2ccc3c(c2)C2(c4ccccc4-3)C3CC4CC(C3)CC2C4)cc1. The van der Waals surface area contributed by atoms with E-state index in [1.54, 1.807) is 11.1 Å². The van der Waals surface area contributed by atoms with Crippen molar-refractivity contribution in [3.05, 3.63) is 185 Å². The van der Waals surface area contributed by atoms with Crippen LogP contribution in [-0.4, -0.2) is 0 Å². The van der Waals surface area contributed by atoms with Crippen LogP contribution in [0.25, 0.3) is 44.5 Å². The minimum Gasteiger partial charge on any atom is -0.310 e. The summed E-state index contributed by atoms with van der Waals surface area (Å²) in [6, 6.07) is 58.0. The van der Waals surface area contributed by atoms with Crippen LogP contribution in [0, 0.1) is 23.7 Å². The zero-order valence-corrected chi connectivity index (χ0v) is 42.6. The third-order valence-electron chi connectivity index (χ3n) is 18.0. The molecule has 0 unspecified atom stereocenters. The Balaban J connectivity index is 1.14. The highest BCUT2D eigenvalue weighted by Gasteiger charge is 2.61. The molecule has 0 saturated heterocycles. The maximum absolute atomic E-state index is 2.70. The minimum absolute atomic E-state index is 0.0306. The first-order chi connectivity index (χ1) is 32.3. The predicted octanol–water partition coefficient (Wildman–Crippen LogP) is 18.4. The van der Waals surface area contributed by atoms with Gasteiger partial charge in [-0.25, -0.2) is 0 Å². The minimum atomic E-state index is -0.138. The third kappa shape index (κ3) is 6.53. The maximum atomic E-state index is 2.70. The Morgan fingerprint density at radius 1 is 0.382 bits per heavy atom. The topological polar surface area (TPSA) is 3.24 Å². The molecule has 4 bridgehead atoms. The lowest BCUT2D eigenvalue weighted by Crippen LogP contribution is -2.55. The van der Waals surface area contributed by atoms with Crippen LogP contribution in [0.5, 0.6) is 0 Å². The molecule has 0 atom stereocenters. The summed E-state index contributed by atoms with van der Waals surface area (Å²) in [4.78, 5) is 2.69. The van der Waals surface area contributed by atoms with E-state index in [0.717, 1.165) is 11.8 Å². The summed E-state index contributed by atoms with van der Waals surface area (Å²) < 4.78 is 0. The molecule has 0 N–H and O–H groups in total. The second-order valence-corrected chi connectivity index (χ2v) is 25.5. The molecule has 0 heterocycles. The zero-order chi connectivity index (χ0) is 47.3. The second-order valence-electron chi connectivity index (χ2n) is 25.5. The van der Waals surface area contributed by atoms with E-state index in [-0.39, 0.29) is 27.1 Å². The van der Waals surface area contributed by atoms with Gasteiger partial charge in [0.2, 0.25) is 0 Å². The summed E-state index contributed by atoms with van der Waals surface area (Å²) in [6.45, 7) is 26.0. The van der Waals surface area contributed by atoms with Crippen molar-refractivity contribution in [3.63, 3.8) is 0 Å². The van der Waals surface area contributed by atoms with E-state index in [9.17, 15) is 0 Å². The fourth-order valence-electron chi connectivity index (χ4n) is 14.6. The largest absolute Gasteiger partial charge is 0.310 e. The summed E-state index contributed by atoms with van der Waals surface area (Å²) in [6.07, 6.45) is 6.94. The lowest BCUT2D eigenvalue weighted by molar-refractivity contribution is -0.0399. The molecule has 4 saturated carbocycles. The fraction of sp³-hybridized carbons (Fsp3) is 0.373. The number of fused-ring (bicyclic) bond motifs is 6. The molecule has 6 aliphatic carbocycles. The first kappa shape index (κ1) is 43.6. The second kappa shape index (κ2) is 14.9. The van der Waals surface area contributed by atoms with Gasteiger partial charge in [0.1, 0.15) is 0 Å². The number of rotatable bonds is 5. The standard InChI is InChI=1S/C67H71N/c1-63(2,3)44-22-20-43(21-23-44)51-28-24-45(64(4,5)6)37-57(51)56-29-25-46(65(7,8)9)38-62(56)68(49-26-30-54-52-16-12-14-18-58(52)66(10,11)60(54)39-49)50-27-31-55-53-17-13-15-19-59(53)67(61(55)40-50)47-33-41-32-42(35-47)36-48(67)34-41/h12-31,37-42,47-48H,32-36H2,1-11H3. The first-order valence-electron chi connectivity index (χ1n) is 26.0. The van der Waals surface area contributed by atoms with Gasteiger partial charge >= 0.3 is 0 Å². The van der Waals surface area contributed by atoms with Gasteiger partial charge in [0, 0.05) is 27.8 Å². The number of benzene rings is 7. The average molecular weight is 890 g/mol. The van der Waals surface area contributed by atoms with E-state index in [4.69, 9.17) is 0 Å². The van der Waals surface area contributed by atoms with Crippen molar-refractivity contribution >= 4 is 17.1 Å². The summed E-state index contributed by atoms with van der Waals surface area (Å²) in [5.41, 5.74) is 24.4. The van der Waals surface area contributed by atoms with E-state index in [2.05, 4.69) is 227 Å². The molecule has 1 nitrogen and oxygen atoms in total. The maximum Gasteiger partial charge on any atom is 0.0543 e. The predicted molar refractivity (Wildman–Crippen MR) is 289 cm³/mol. The van der Waals surface area contributed by atoms with E-state index < -0.39 is 0 Å². The Hall–Kier alpha value is -5.66. The van der Waals surface area contributed by atoms with Crippen LogP contribution in [0.4, 0.5) is 17.1 Å². The molecule has 0 aliphatic heterocycles. The van der Waals surface area contributed by atoms with Crippen LogP contribution in [-0.2, 0) is 27.1 Å². The highest BCUT2D eigenvalue weighted by molar-refractivity contribution is 5.96. The van der Waals surface area contributed by atoms with Gasteiger partial charge < -0.3 is 4.90 Å². The molecule has 344 valence electrons. The quantitative estimate of drug-likeness (QED) is 0.166. The lowest BCUT2D eigenvalue weighted by Gasteiger charge is -2.61. The third-order valence-corrected chi connectivity index (χ3v) is 18.0. The molecule has 68 heavy (non-hydrogen) atoms. The van der Waals surface area contributed by atoms with Gasteiger partial charge in [0.15, 0.2) is 0 Å². The summed E-state index contributed by atoms with van der Waals surface area (Å²) in [5, 5.41) is 0. The molecule has 7 aromatic rings.